The van der Waals surface area contributed by atoms with E-state index >= 15 is 0 Å². The predicted octanol–water partition coefficient (Wildman–Crippen LogP) is 2.56. The van der Waals surface area contributed by atoms with E-state index in [-0.39, 0.29) is 17.7 Å². The summed E-state index contributed by atoms with van der Waals surface area (Å²) in [7, 11) is 0. The second-order valence-electron chi connectivity index (χ2n) is 6.28. The van der Waals surface area contributed by atoms with Crippen molar-refractivity contribution in [2.45, 2.75) is 18.8 Å². The summed E-state index contributed by atoms with van der Waals surface area (Å²) < 4.78 is 5.65. The van der Waals surface area contributed by atoms with Gasteiger partial charge in [-0.25, -0.2) is 9.97 Å². The zero-order valence-electron chi connectivity index (χ0n) is 14.1. The molecule has 132 valence electrons. The molecular weight excluding hydrogens is 330 g/mol. The number of anilines is 1. The Kier molecular flexibility index (Phi) is 4.59. The number of H-pyrrole nitrogens is 1. The van der Waals surface area contributed by atoms with Crippen LogP contribution in [0.2, 0.25) is 0 Å². The molecule has 7 heteroatoms. The molecule has 1 aliphatic carbocycles. The highest BCUT2D eigenvalue weighted by Crippen LogP contribution is 2.46. The van der Waals surface area contributed by atoms with Gasteiger partial charge in [-0.3, -0.25) is 9.89 Å². The van der Waals surface area contributed by atoms with Crippen molar-refractivity contribution < 1.29 is 9.53 Å². The number of hydrogen-bond acceptors (Lipinski definition) is 5. The van der Waals surface area contributed by atoms with Gasteiger partial charge in [0.1, 0.15) is 12.2 Å². The standard InChI is InChI=1S/C19H19N5O2/c25-19(16-10-15(16)18-21-12-22-24-18)23-14-6-7-17(20-11-14)26-9-8-13-4-2-1-3-5-13/h1-7,11-12,15-16H,8-10H2,(H,23,25)(H,21,22,24). The summed E-state index contributed by atoms with van der Waals surface area (Å²) in [5, 5.41) is 9.53. The molecule has 0 bridgehead atoms. The van der Waals surface area contributed by atoms with Crippen LogP contribution in [0, 0.1) is 5.92 Å². The summed E-state index contributed by atoms with van der Waals surface area (Å²) in [6, 6.07) is 13.7. The third-order valence-corrected chi connectivity index (χ3v) is 4.40. The molecule has 2 unspecified atom stereocenters. The Bertz CT molecular complexity index is 849. The SMILES string of the molecule is O=C(Nc1ccc(OCCc2ccccc2)nc1)C1CC1c1ncn[nH]1. The van der Waals surface area contributed by atoms with E-state index in [0.29, 0.717) is 18.2 Å². The number of amides is 1. The Morgan fingerprint density at radius 3 is 2.81 bits per heavy atom. The summed E-state index contributed by atoms with van der Waals surface area (Å²) in [5.74, 6) is 1.36. The Morgan fingerprint density at radius 2 is 2.08 bits per heavy atom. The minimum Gasteiger partial charge on any atom is -0.477 e. The normalized spacial score (nSPS) is 18.3. The van der Waals surface area contributed by atoms with Crippen molar-refractivity contribution in [3.05, 3.63) is 66.4 Å². The first-order chi connectivity index (χ1) is 12.8. The molecule has 0 radical (unpaired) electrons. The predicted molar refractivity (Wildman–Crippen MR) is 95.7 cm³/mol. The van der Waals surface area contributed by atoms with Gasteiger partial charge in [0, 0.05) is 24.3 Å². The first-order valence-electron chi connectivity index (χ1n) is 8.58. The van der Waals surface area contributed by atoms with Gasteiger partial charge in [-0.2, -0.15) is 5.10 Å². The Morgan fingerprint density at radius 1 is 1.19 bits per heavy atom. The maximum Gasteiger partial charge on any atom is 0.228 e. The van der Waals surface area contributed by atoms with Crippen molar-refractivity contribution in [1.29, 1.82) is 0 Å². The van der Waals surface area contributed by atoms with Crippen molar-refractivity contribution in [1.82, 2.24) is 20.2 Å². The molecule has 7 nitrogen and oxygen atoms in total. The number of nitrogens with zero attached hydrogens (tertiary/aromatic N) is 3. The van der Waals surface area contributed by atoms with Crippen LogP contribution < -0.4 is 10.1 Å². The fraction of sp³-hybridized carbons (Fsp3) is 0.263. The summed E-state index contributed by atoms with van der Waals surface area (Å²) in [5.41, 5.74) is 1.88. The van der Waals surface area contributed by atoms with Gasteiger partial charge in [-0.1, -0.05) is 30.3 Å². The summed E-state index contributed by atoms with van der Waals surface area (Å²) >= 11 is 0. The lowest BCUT2D eigenvalue weighted by Gasteiger charge is -2.07. The Labute approximate surface area is 150 Å². The van der Waals surface area contributed by atoms with E-state index in [1.807, 2.05) is 18.2 Å². The van der Waals surface area contributed by atoms with Crippen LogP contribution >= 0.6 is 0 Å². The van der Waals surface area contributed by atoms with Gasteiger partial charge in [0.25, 0.3) is 0 Å². The fourth-order valence-corrected chi connectivity index (χ4v) is 2.87. The van der Waals surface area contributed by atoms with E-state index in [0.717, 1.165) is 18.7 Å². The minimum absolute atomic E-state index is 0.0223. The van der Waals surface area contributed by atoms with Crippen LogP contribution in [0.15, 0.2) is 55.0 Å². The summed E-state index contributed by atoms with van der Waals surface area (Å²) in [4.78, 5) is 20.6. The average molecular weight is 349 g/mol. The van der Waals surface area contributed by atoms with Gasteiger partial charge < -0.3 is 10.1 Å². The van der Waals surface area contributed by atoms with Gasteiger partial charge in [0.2, 0.25) is 11.8 Å². The lowest BCUT2D eigenvalue weighted by molar-refractivity contribution is -0.117. The molecule has 3 aromatic rings. The highest BCUT2D eigenvalue weighted by molar-refractivity contribution is 5.94. The van der Waals surface area contributed by atoms with E-state index < -0.39 is 0 Å². The molecule has 2 heterocycles. The highest BCUT2D eigenvalue weighted by atomic mass is 16.5. The third kappa shape index (κ3) is 3.88. The van der Waals surface area contributed by atoms with Crippen LogP contribution in [0.1, 0.15) is 23.7 Å². The number of carbonyl (C=O) groups excluding carboxylic acids is 1. The smallest absolute Gasteiger partial charge is 0.228 e. The summed E-state index contributed by atoms with van der Waals surface area (Å²) in [6.45, 7) is 0.559. The molecule has 2 N–H and O–H groups in total. The molecule has 0 spiro atoms. The molecule has 1 aliphatic rings. The number of ether oxygens (including phenoxy) is 1. The van der Waals surface area contributed by atoms with Crippen molar-refractivity contribution in [2.24, 2.45) is 5.92 Å². The van der Waals surface area contributed by atoms with E-state index in [2.05, 4.69) is 37.6 Å². The molecule has 1 fully saturated rings. The topological polar surface area (TPSA) is 92.8 Å². The number of aromatic nitrogens is 4. The Hall–Kier alpha value is -3.22. The highest BCUT2D eigenvalue weighted by Gasteiger charge is 2.46. The van der Waals surface area contributed by atoms with Crippen LogP contribution in [0.3, 0.4) is 0 Å². The second kappa shape index (κ2) is 7.35. The number of benzene rings is 1. The van der Waals surface area contributed by atoms with E-state index in [1.165, 1.54) is 11.9 Å². The van der Waals surface area contributed by atoms with Gasteiger partial charge in [0.15, 0.2) is 0 Å². The first kappa shape index (κ1) is 16.3. The minimum atomic E-state index is -0.0650. The fourth-order valence-electron chi connectivity index (χ4n) is 2.87. The van der Waals surface area contributed by atoms with Crippen LogP contribution in [-0.2, 0) is 11.2 Å². The average Bonchev–Trinajstić information content (AvgIpc) is 3.29. The van der Waals surface area contributed by atoms with Gasteiger partial charge >= 0.3 is 0 Å². The molecular formula is C19H19N5O2. The number of hydrogen-bond donors (Lipinski definition) is 2. The molecule has 2 aromatic heterocycles. The second-order valence-corrected chi connectivity index (χ2v) is 6.28. The third-order valence-electron chi connectivity index (χ3n) is 4.40. The zero-order valence-corrected chi connectivity index (χ0v) is 14.1. The number of carbonyl (C=O) groups is 1. The van der Waals surface area contributed by atoms with Crippen LogP contribution in [0.25, 0.3) is 0 Å². The number of pyridine rings is 1. The molecule has 26 heavy (non-hydrogen) atoms. The quantitative estimate of drug-likeness (QED) is 0.684. The largest absolute Gasteiger partial charge is 0.477 e. The number of nitrogens with one attached hydrogen (secondary N) is 2. The Balaban J connectivity index is 1.25. The number of rotatable bonds is 7. The first-order valence-corrected chi connectivity index (χ1v) is 8.58. The molecule has 1 saturated carbocycles. The monoisotopic (exact) mass is 349 g/mol. The van der Waals surface area contributed by atoms with Gasteiger partial charge in [-0.05, 0) is 18.1 Å². The van der Waals surface area contributed by atoms with Crippen molar-refractivity contribution in [2.75, 3.05) is 11.9 Å². The number of aromatic amines is 1. The van der Waals surface area contributed by atoms with Crippen molar-refractivity contribution in [3.63, 3.8) is 0 Å². The van der Waals surface area contributed by atoms with Crippen LogP contribution in [0.5, 0.6) is 5.88 Å². The van der Waals surface area contributed by atoms with Crippen LogP contribution in [-0.4, -0.2) is 32.7 Å². The molecule has 2 atom stereocenters. The van der Waals surface area contributed by atoms with E-state index in [9.17, 15) is 4.79 Å². The summed E-state index contributed by atoms with van der Waals surface area (Å²) in [6.07, 6.45) is 4.69. The van der Waals surface area contributed by atoms with Crippen LogP contribution in [0.4, 0.5) is 5.69 Å². The van der Waals surface area contributed by atoms with Gasteiger partial charge in [0.05, 0.1) is 18.5 Å². The van der Waals surface area contributed by atoms with Crippen molar-refractivity contribution >= 4 is 11.6 Å². The van der Waals surface area contributed by atoms with Gasteiger partial charge in [-0.15, -0.1) is 0 Å². The maximum absolute atomic E-state index is 12.3. The molecule has 0 aliphatic heterocycles. The molecule has 0 saturated heterocycles. The van der Waals surface area contributed by atoms with Crippen molar-refractivity contribution in [3.8, 4) is 5.88 Å². The van der Waals surface area contributed by atoms with E-state index in [4.69, 9.17) is 4.74 Å². The molecule has 1 aromatic carbocycles. The maximum atomic E-state index is 12.3. The lowest BCUT2D eigenvalue weighted by Crippen LogP contribution is -2.15. The lowest BCUT2D eigenvalue weighted by atomic mass is 10.2. The molecule has 1 amide bonds. The molecule has 4 rings (SSSR count). The zero-order chi connectivity index (χ0) is 17.8. The van der Waals surface area contributed by atoms with E-state index in [1.54, 1.807) is 18.3 Å².